The van der Waals surface area contributed by atoms with Gasteiger partial charge in [-0.05, 0) is 25.3 Å². The molecule has 8 heteroatoms. The second kappa shape index (κ2) is 9.76. The molecule has 1 unspecified atom stereocenters. The minimum atomic E-state index is -0.693. The van der Waals surface area contributed by atoms with Gasteiger partial charge in [-0.25, -0.2) is 4.79 Å². The number of carbonyl (C=O) groups excluding carboxylic acids is 3. The maximum atomic E-state index is 12.2. The van der Waals surface area contributed by atoms with Crippen molar-refractivity contribution >= 4 is 17.9 Å². The smallest absolute Gasteiger partial charge is 0.408 e. The van der Waals surface area contributed by atoms with Gasteiger partial charge in [0, 0.05) is 19.1 Å². The monoisotopic (exact) mass is 362 g/mol. The van der Waals surface area contributed by atoms with Crippen molar-refractivity contribution in [1.82, 2.24) is 15.5 Å². The van der Waals surface area contributed by atoms with Crippen LogP contribution in [0.3, 0.4) is 0 Å². The van der Waals surface area contributed by atoms with Crippen LogP contribution < -0.4 is 16.4 Å². The molecular formula is C18H26N4O4. The summed E-state index contributed by atoms with van der Waals surface area (Å²) >= 11 is 0. The molecule has 0 aromatic heterocycles. The number of likely N-dealkylation sites (tertiary alicyclic amines) is 1. The predicted octanol–water partition coefficient (Wildman–Crippen LogP) is 0.367. The molecule has 4 N–H and O–H groups in total. The van der Waals surface area contributed by atoms with E-state index in [9.17, 15) is 14.4 Å². The van der Waals surface area contributed by atoms with Gasteiger partial charge >= 0.3 is 6.09 Å². The number of nitrogens with zero attached hydrogens (tertiary/aromatic N) is 1. The number of piperidine rings is 1. The molecule has 142 valence electrons. The Kier molecular flexibility index (Phi) is 7.40. The van der Waals surface area contributed by atoms with Crippen LogP contribution in [0.25, 0.3) is 0 Å². The fourth-order valence-electron chi connectivity index (χ4n) is 2.79. The Morgan fingerprint density at radius 2 is 1.88 bits per heavy atom. The molecule has 1 aromatic rings. The van der Waals surface area contributed by atoms with Crippen LogP contribution in [-0.2, 0) is 20.9 Å². The van der Waals surface area contributed by atoms with Gasteiger partial charge in [0.1, 0.15) is 12.6 Å². The van der Waals surface area contributed by atoms with E-state index in [0.29, 0.717) is 13.1 Å². The first kappa shape index (κ1) is 19.7. The first-order valence-corrected chi connectivity index (χ1v) is 8.72. The molecule has 0 bridgehead atoms. The zero-order chi connectivity index (χ0) is 18.9. The van der Waals surface area contributed by atoms with Crippen molar-refractivity contribution in [3.8, 4) is 0 Å². The molecule has 3 amide bonds. The number of ether oxygens (including phenoxy) is 1. The van der Waals surface area contributed by atoms with Gasteiger partial charge in [-0.15, -0.1) is 0 Å². The average molecular weight is 362 g/mol. The summed E-state index contributed by atoms with van der Waals surface area (Å²) in [5, 5.41) is 5.45. The molecule has 8 nitrogen and oxygen atoms in total. The number of carbonyl (C=O) groups is 3. The van der Waals surface area contributed by atoms with E-state index in [2.05, 4.69) is 10.6 Å². The summed E-state index contributed by atoms with van der Waals surface area (Å²) in [4.78, 5) is 36.9. The van der Waals surface area contributed by atoms with E-state index in [1.807, 2.05) is 35.2 Å². The molecule has 1 aliphatic rings. The Morgan fingerprint density at radius 1 is 1.23 bits per heavy atom. The fraction of sp³-hybridized carbons (Fsp3) is 0.500. The summed E-state index contributed by atoms with van der Waals surface area (Å²) < 4.78 is 5.11. The lowest BCUT2D eigenvalue weighted by Gasteiger charge is -2.32. The summed E-state index contributed by atoms with van der Waals surface area (Å²) in [5.74, 6) is -0.602. The first-order valence-electron chi connectivity index (χ1n) is 8.72. The summed E-state index contributed by atoms with van der Waals surface area (Å²) in [5.41, 5.74) is 6.06. The van der Waals surface area contributed by atoms with Crippen LogP contribution in [0.4, 0.5) is 4.79 Å². The van der Waals surface area contributed by atoms with Crippen molar-refractivity contribution in [1.29, 1.82) is 0 Å². The second-order valence-electron chi connectivity index (χ2n) is 6.45. The molecular weight excluding hydrogens is 336 g/mol. The third-order valence-corrected chi connectivity index (χ3v) is 4.25. The van der Waals surface area contributed by atoms with E-state index in [1.54, 1.807) is 6.92 Å². The SMILES string of the molecule is CC(NC(=O)OCc1ccccc1)C(=O)NC1CCN(CC(N)=O)CC1. The highest BCUT2D eigenvalue weighted by atomic mass is 16.5. The van der Waals surface area contributed by atoms with Crippen LogP contribution in [0.1, 0.15) is 25.3 Å². The zero-order valence-electron chi connectivity index (χ0n) is 14.9. The van der Waals surface area contributed by atoms with Gasteiger partial charge in [0.25, 0.3) is 0 Å². The van der Waals surface area contributed by atoms with Crippen molar-refractivity contribution < 1.29 is 19.1 Å². The second-order valence-corrected chi connectivity index (χ2v) is 6.45. The number of amides is 3. The third kappa shape index (κ3) is 6.72. The molecule has 0 radical (unpaired) electrons. The van der Waals surface area contributed by atoms with E-state index in [1.165, 1.54) is 0 Å². The van der Waals surface area contributed by atoms with Gasteiger partial charge in [0.05, 0.1) is 6.54 Å². The molecule has 0 aliphatic carbocycles. The van der Waals surface area contributed by atoms with Crippen LogP contribution in [0.2, 0.25) is 0 Å². The van der Waals surface area contributed by atoms with E-state index >= 15 is 0 Å². The van der Waals surface area contributed by atoms with E-state index in [-0.39, 0.29) is 31.0 Å². The highest BCUT2D eigenvalue weighted by Gasteiger charge is 2.24. The Bertz CT molecular complexity index is 615. The summed E-state index contributed by atoms with van der Waals surface area (Å²) in [6.45, 7) is 3.41. The minimum absolute atomic E-state index is 0.0243. The van der Waals surface area contributed by atoms with Gasteiger partial charge in [-0.3, -0.25) is 14.5 Å². The van der Waals surface area contributed by atoms with Crippen LogP contribution in [0.15, 0.2) is 30.3 Å². The van der Waals surface area contributed by atoms with Crippen LogP contribution in [0, 0.1) is 0 Å². The molecule has 1 heterocycles. The van der Waals surface area contributed by atoms with Gasteiger partial charge in [0.2, 0.25) is 11.8 Å². The topological polar surface area (TPSA) is 114 Å². The Balaban J connectivity index is 1.67. The Hall–Kier alpha value is -2.61. The zero-order valence-corrected chi connectivity index (χ0v) is 14.9. The van der Waals surface area contributed by atoms with Crippen LogP contribution in [-0.4, -0.2) is 54.5 Å². The Labute approximate surface area is 153 Å². The van der Waals surface area contributed by atoms with E-state index in [4.69, 9.17) is 10.5 Å². The molecule has 1 saturated heterocycles. The molecule has 1 atom stereocenters. The highest BCUT2D eigenvalue weighted by molar-refractivity contribution is 5.85. The number of rotatable bonds is 7. The average Bonchev–Trinajstić information content (AvgIpc) is 2.62. The summed E-state index contributed by atoms with van der Waals surface area (Å²) in [7, 11) is 0. The standard InChI is InChI=1S/C18H26N4O4/c1-13(20-18(25)26-12-14-5-3-2-4-6-14)17(24)21-15-7-9-22(10-8-15)11-16(19)23/h2-6,13,15H,7-12H2,1H3,(H2,19,23)(H,20,25)(H,21,24). The number of hydrogen-bond acceptors (Lipinski definition) is 5. The summed E-state index contributed by atoms with van der Waals surface area (Å²) in [6, 6.07) is 8.65. The van der Waals surface area contributed by atoms with Crippen molar-refractivity contribution in [3.05, 3.63) is 35.9 Å². The van der Waals surface area contributed by atoms with Crippen molar-refractivity contribution in [2.75, 3.05) is 19.6 Å². The van der Waals surface area contributed by atoms with Gasteiger partial charge < -0.3 is 21.1 Å². The number of nitrogens with two attached hydrogens (primary N) is 1. The molecule has 1 aromatic carbocycles. The third-order valence-electron chi connectivity index (χ3n) is 4.25. The van der Waals surface area contributed by atoms with Crippen LogP contribution >= 0.6 is 0 Å². The lowest BCUT2D eigenvalue weighted by atomic mass is 10.0. The van der Waals surface area contributed by atoms with Crippen molar-refractivity contribution in [3.63, 3.8) is 0 Å². The van der Waals surface area contributed by atoms with Crippen LogP contribution in [0.5, 0.6) is 0 Å². The molecule has 0 saturated carbocycles. The van der Waals surface area contributed by atoms with Gasteiger partial charge in [0.15, 0.2) is 0 Å². The molecule has 1 aliphatic heterocycles. The lowest BCUT2D eigenvalue weighted by Crippen LogP contribution is -2.51. The number of benzene rings is 1. The minimum Gasteiger partial charge on any atom is -0.445 e. The quantitative estimate of drug-likeness (QED) is 0.648. The van der Waals surface area contributed by atoms with Crippen molar-refractivity contribution in [2.24, 2.45) is 5.73 Å². The normalized spacial score (nSPS) is 16.5. The molecule has 26 heavy (non-hydrogen) atoms. The first-order chi connectivity index (χ1) is 12.4. The molecule has 1 fully saturated rings. The lowest BCUT2D eigenvalue weighted by molar-refractivity contribution is -0.124. The number of nitrogens with one attached hydrogen (secondary N) is 2. The maximum Gasteiger partial charge on any atom is 0.408 e. The van der Waals surface area contributed by atoms with Crippen molar-refractivity contribution in [2.45, 2.75) is 38.5 Å². The van der Waals surface area contributed by atoms with Gasteiger partial charge in [-0.1, -0.05) is 30.3 Å². The predicted molar refractivity (Wildman–Crippen MR) is 96.0 cm³/mol. The van der Waals surface area contributed by atoms with Gasteiger partial charge in [-0.2, -0.15) is 0 Å². The Morgan fingerprint density at radius 3 is 2.50 bits per heavy atom. The number of alkyl carbamates (subject to hydrolysis) is 1. The largest absolute Gasteiger partial charge is 0.445 e. The molecule has 2 rings (SSSR count). The van der Waals surface area contributed by atoms with E-state index < -0.39 is 12.1 Å². The molecule has 0 spiro atoms. The number of primary amides is 1. The fourth-order valence-corrected chi connectivity index (χ4v) is 2.79. The van der Waals surface area contributed by atoms with E-state index in [0.717, 1.165) is 18.4 Å². The summed E-state index contributed by atoms with van der Waals surface area (Å²) in [6.07, 6.45) is 0.849. The maximum absolute atomic E-state index is 12.2. The number of hydrogen-bond donors (Lipinski definition) is 3. The highest BCUT2D eigenvalue weighted by Crippen LogP contribution is 2.10.